The third kappa shape index (κ3) is 5.93. The first-order valence-corrected chi connectivity index (χ1v) is 7.80. The number of anilines is 1. The SMILES string of the molecule is CCOCCN(CC)c1ccccc1CNCC(C)C. The monoisotopic (exact) mass is 278 g/mol. The molecular formula is C17H30N2O. The van der Waals surface area contributed by atoms with Gasteiger partial charge < -0.3 is 15.0 Å². The van der Waals surface area contributed by atoms with Gasteiger partial charge >= 0.3 is 0 Å². The highest BCUT2D eigenvalue weighted by Crippen LogP contribution is 2.20. The molecule has 0 spiro atoms. The van der Waals surface area contributed by atoms with E-state index in [1.165, 1.54) is 11.3 Å². The zero-order valence-electron chi connectivity index (χ0n) is 13.5. The molecule has 0 aliphatic carbocycles. The molecule has 1 aromatic carbocycles. The second-order valence-corrected chi connectivity index (χ2v) is 5.43. The lowest BCUT2D eigenvalue weighted by molar-refractivity contribution is 0.154. The molecule has 114 valence electrons. The van der Waals surface area contributed by atoms with E-state index in [9.17, 15) is 0 Å². The number of benzene rings is 1. The summed E-state index contributed by atoms with van der Waals surface area (Å²) in [7, 11) is 0. The van der Waals surface area contributed by atoms with E-state index in [4.69, 9.17) is 4.74 Å². The van der Waals surface area contributed by atoms with Crippen LogP contribution in [0.4, 0.5) is 5.69 Å². The van der Waals surface area contributed by atoms with Crippen LogP contribution in [0.1, 0.15) is 33.3 Å². The van der Waals surface area contributed by atoms with Crippen LogP contribution < -0.4 is 10.2 Å². The van der Waals surface area contributed by atoms with Gasteiger partial charge in [0.05, 0.1) is 6.61 Å². The van der Waals surface area contributed by atoms with Crippen molar-refractivity contribution in [2.24, 2.45) is 5.92 Å². The number of para-hydroxylation sites is 1. The van der Waals surface area contributed by atoms with Crippen molar-refractivity contribution in [2.45, 2.75) is 34.2 Å². The van der Waals surface area contributed by atoms with Gasteiger partial charge in [0.25, 0.3) is 0 Å². The smallest absolute Gasteiger partial charge is 0.0641 e. The molecule has 0 bridgehead atoms. The summed E-state index contributed by atoms with van der Waals surface area (Å²) in [6.45, 7) is 14.2. The number of rotatable bonds is 10. The number of hydrogen-bond donors (Lipinski definition) is 1. The number of nitrogens with one attached hydrogen (secondary N) is 1. The number of nitrogens with zero attached hydrogens (tertiary/aromatic N) is 1. The average Bonchev–Trinajstić information content (AvgIpc) is 2.44. The molecule has 0 aliphatic rings. The van der Waals surface area contributed by atoms with Gasteiger partial charge in [-0.05, 0) is 37.9 Å². The highest BCUT2D eigenvalue weighted by molar-refractivity contribution is 5.53. The second-order valence-electron chi connectivity index (χ2n) is 5.43. The molecule has 1 N–H and O–H groups in total. The molecule has 0 aromatic heterocycles. The van der Waals surface area contributed by atoms with Crippen LogP contribution in [0.15, 0.2) is 24.3 Å². The highest BCUT2D eigenvalue weighted by Gasteiger charge is 2.09. The maximum atomic E-state index is 5.48. The van der Waals surface area contributed by atoms with Crippen LogP contribution in [0, 0.1) is 5.92 Å². The van der Waals surface area contributed by atoms with Gasteiger partial charge in [0.2, 0.25) is 0 Å². The van der Waals surface area contributed by atoms with E-state index >= 15 is 0 Å². The molecule has 0 radical (unpaired) electrons. The van der Waals surface area contributed by atoms with Crippen molar-refractivity contribution in [1.29, 1.82) is 0 Å². The van der Waals surface area contributed by atoms with Crippen molar-refractivity contribution in [3.63, 3.8) is 0 Å². The van der Waals surface area contributed by atoms with Crippen LogP contribution in [0.2, 0.25) is 0 Å². The van der Waals surface area contributed by atoms with E-state index in [0.717, 1.165) is 39.4 Å². The minimum absolute atomic E-state index is 0.683. The van der Waals surface area contributed by atoms with Gasteiger partial charge in [-0.2, -0.15) is 0 Å². The second kappa shape index (κ2) is 9.78. The molecule has 0 saturated heterocycles. The summed E-state index contributed by atoms with van der Waals surface area (Å²) in [5, 5.41) is 3.53. The van der Waals surface area contributed by atoms with Crippen molar-refractivity contribution in [1.82, 2.24) is 5.32 Å². The summed E-state index contributed by atoms with van der Waals surface area (Å²) in [5.41, 5.74) is 2.69. The van der Waals surface area contributed by atoms with Crippen LogP contribution in [-0.2, 0) is 11.3 Å². The van der Waals surface area contributed by atoms with E-state index in [2.05, 4.69) is 55.3 Å². The molecule has 0 aliphatic heterocycles. The molecule has 0 amide bonds. The molecular weight excluding hydrogens is 248 g/mol. The Labute approximate surface area is 124 Å². The molecule has 3 nitrogen and oxygen atoms in total. The third-order valence-electron chi connectivity index (χ3n) is 3.29. The van der Waals surface area contributed by atoms with E-state index < -0.39 is 0 Å². The minimum atomic E-state index is 0.683. The van der Waals surface area contributed by atoms with Crippen molar-refractivity contribution >= 4 is 5.69 Å². The molecule has 3 heteroatoms. The van der Waals surface area contributed by atoms with Crippen LogP contribution in [0.25, 0.3) is 0 Å². The summed E-state index contributed by atoms with van der Waals surface area (Å²) in [5.74, 6) is 0.683. The topological polar surface area (TPSA) is 24.5 Å². The normalized spacial score (nSPS) is 11.1. The molecule has 0 saturated carbocycles. The van der Waals surface area contributed by atoms with E-state index in [-0.39, 0.29) is 0 Å². The van der Waals surface area contributed by atoms with Crippen molar-refractivity contribution in [3.05, 3.63) is 29.8 Å². The average molecular weight is 278 g/mol. The fourth-order valence-electron chi connectivity index (χ4n) is 2.23. The molecule has 0 atom stereocenters. The zero-order valence-corrected chi connectivity index (χ0v) is 13.5. The zero-order chi connectivity index (χ0) is 14.8. The molecule has 0 unspecified atom stereocenters. The first-order valence-electron chi connectivity index (χ1n) is 7.80. The Balaban J connectivity index is 2.65. The van der Waals surface area contributed by atoms with Gasteiger partial charge in [0, 0.05) is 31.9 Å². The summed E-state index contributed by atoms with van der Waals surface area (Å²) in [4.78, 5) is 2.39. The fourth-order valence-corrected chi connectivity index (χ4v) is 2.23. The molecule has 0 heterocycles. The number of ether oxygens (including phenoxy) is 1. The fraction of sp³-hybridized carbons (Fsp3) is 0.647. The highest BCUT2D eigenvalue weighted by atomic mass is 16.5. The molecule has 1 aromatic rings. The van der Waals surface area contributed by atoms with Gasteiger partial charge in [0.15, 0.2) is 0 Å². The van der Waals surface area contributed by atoms with Crippen LogP contribution in [0.5, 0.6) is 0 Å². The number of hydrogen-bond acceptors (Lipinski definition) is 3. The van der Waals surface area contributed by atoms with Crippen LogP contribution in [0.3, 0.4) is 0 Å². The molecule has 1 rings (SSSR count). The van der Waals surface area contributed by atoms with E-state index in [1.54, 1.807) is 0 Å². The molecule has 0 fully saturated rings. The first-order chi connectivity index (χ1) is 9.69. The van der Waals surface area contributed by atoms with Gasteiger partial charge in [-0.15, -0.1) is 0 Å². The maximum absolute atomic E-state index is 5.48. The summed E-state index contributed by atoms with van der Waals surface area (Å²) in [6.07, 6.45) is 0. The Morgan fingerprint density at radius 2 is 1.95 bits per heavy atom. The Bertz CT molecular complexity index is 366. The van der Waals surface area contributed by atoms with Gasteiger partial charge in [0.1, 0.15) is 0 Å². The summed E-state index contributed by atoms with van der Waals surface area (Å²) < 4.78 is 5.48. The van der Waals surface area contributed by atoms with Gasteiger partial charge in [-0.25, -0.2) is 0 Å². The summed E-state index contributed by atoms with van der Waals surface area (Å²) >= 11 is 0. The molecule has 20 heavy (non-hydrogen) atoms. The lowest BCUT2D eigenvalue weighted by Gasteiger charge is -2.26. The largest absolute Gasteiger partial charge is 0.380 e. The van der Waals surface area contributed by atoms with Crippen molar-refractivity contribution in [2.75, 3.05) is 37.7 Å². The lowest BCUT2D eigenvalue weighted by Crippen LogP contribution is -2.29. The maximum Gasteiger partial charge on any atom is 0.0641 e. The van der Waals surface area contributed by atoms with E-state index in [0.29, 0.717) is 5.92 Å². The predicted octanol–water partition coefficient (Wildman–Crippen LogP) is 3.30. The predicted molar refractivity (Wildman–Crippen MR) is 87.4 cm³/mol. The number of likely N-dealkylation sites (N-methyl/N-ethyl adjacent to an activating group) is 1. The summed E-state index contributed by atoms with van der Waals surface area (Å²) in [6, 6.07) is 8.66. The first kappa shape index (κ1) is 17.0. The third-order valence-corrected chi connectivity index (χ3v) is 3.29. The van der Waals surface area contributed by atoms with Gasteiger partial charge in [-0.1, -0.05) is 32.0 Å². The standard InChI is InChI=1S/C17H30N2O/c1-5-19(11-12-20-6-2)17-10-8-7-9-16(17)14-18-13-15(3)4/h7-10,15,18H,5-6,11-14H2,1-4H3. The van der Waals surface area contributed by atoms with E-state index in [1.807, 2.05) is 6.92 Å². The minimum Gasteiger partial charge on any atom is -0.380 e. The lowest BCUT2D eigenvalue weighted by atomic mass is 10.1. The Morgan fingerprint density at radius 1 is 1.20 bits per heavy atom. The van der Waals surface area contributed by atoms with Crippen LogP contribution in [-0.4, -0.2) is 32.8 Å². The van der Waals surface area contributed by atoms with Gasteiger partial charge in [-0.3, -0.25) is 0 Å². The Kier molecular flexibility index (Phi) is 8.31. The van der Waals surface area contributed by atoms with Crippen molar-refractivity contribution in [3.8, 4) is 0 Å². The quantitative estimate of drug-likeness (QED) is 0.665. The van der Waals surface area contributed by atoms with Crippen LogP contribution >= 0.6 is 0 Å². The van der Waals surface area contributed by atoms with Crippen molar-refractivity contribution < 1.29 is 4.74 Å². The Morgan fingerprint density at radius 3 is 2.60 bits per heavy atom. The Hall–Kier alpha value is -1.06.